The smallest absolute Gasteiger partial charge is 0.328 e. The molecular formula is C29H36N2O7. The van der Waals surface area contributed by atoms with Crippen LogP contribution in [-0.2, 0) is 25.5 Å². The highest BCUT2D eigenvalue weighted by atomic mass is 16.6. The standard InChI is InChI=1S/C29H36N2O7/c1-18-22(16-20-8-5-4-6-9-20)24(36-17-21-12-13-21)11-7-10-23(29(34)37-18)31-28(33)26-27(38-19(2)32)25(35-3)14-15-30-26/h4-6,8-9,14-15,18,21-24H,7,10-13,16-17H2,1-3H3,(H,31,33)/t18-,22-,23?,24-/m0/s1. The number of rotatable bonds is 9. The summed E-state index contributed by atoms with van der Waals surface area (Å²) in [7, 11) is 1.40. The van der Waals surface area contributed by atoms with Crippen LogP contribution in [0.4, 0.5) is 0 Å². The molecule has 2 heterocycles. The number of pyridine rings is 1. The number of methoxy groups -OCH3 is 1. The van der Waals surface area contributed by atoms with Crippen molar-refractivity contribution < 1.29 is 33.3 Å². The molecule has 1 saturated heterocycles. The van der Waals surface area contributed by atoms with Crippen molar-refractivity contribution >= 4 is 17.8 Å². The second-order valence-corrected chi connectivity index (χ2v) is 10.1. The molecule has 1 saturated carbocycles. The van der Waals surface area contributed by atoms with Gasteiger partial charge in [-0.2, -0.15) is 0 Å². The highest BCUT2D eigenvalue weighted by Gasteiger charge is 2.36. The van der Waals surface area contributed by atoms with Gasteiger partial charge in [0.1, 0.15) is 12.1 Å². The van der Waals surface area contributed by atoms with Crippen LogP contribution in [0, 0.1) is 11.8 Å². The van der Waals surface area contributed by atoms with Crippen molar-refractivity contribution in [3.05, 3.63) is 53.9 Å². The van der Waals surface area contributed by atoms with Crippen LogP contribution in [0.15, 0.2) is 42.6 Å². The summed E-state index contributed by atoms with van der Waals surface area (Å²) >= 11 is 0. The Morgan fingerprint density at radius 1 is 1.11 bits per heavy atom. The van der Waals surface area contributed by atoms with Crippen molar-refractivity contribution in [3.8, 4) is 11.5 Å². The third-order valence-electron chi connectivity index (χ3n) is 7.06. The number of nitrogens with zero attached hydrogens (tertiary/aromatic N) is 1. The van der Waals surface area contributed by atoms with Gasteiger partial charge in [-0.1, -0.05) is 30.3 Å². The molecule has 2 aliphatic rings. The van der Waals surface area contributed by atoms with Crippen LogP contribution in [0.3, 0.4) is 0 Å². The molecule has 9 nitrogen and oxygen atoms in total. The number of esters is 2. The van der Waals surface area contributed by atoms with E-state index in [1.54, 1.807) is 0 Å². The van der Waals surface area contributed by atoms with Gasteiger partial charge >= 0.3 is 11.9 Å². The third kappa shape index (κ3) is 7.31. The van der Waals surface area contributed by atoms with Gasteiger partial charge in [-0.05, 0) is 56.9 Å². The predicted molar refractivity (Wildman–Crippen MR) is 139 cm³/mol. The highest BCUT2D eigenvalue weighted by molar-refractivity contribution is 5.98. The molecule has 1 amide bonds. The summed E-state index contributed by atoms with van der Waals surface area (Å²) in [4.78, 5) is 42.2. The molecule has 0 bridgehead atoms. The molecule has 0 spiro atoms. The Labute approximate surface area is 223 Å². The van der Waals surface area contributed by atoms with Gasteiger partial charge in [0.25, 0.3) is 5.91 Å². The number of amides is 1. The zero-order valence-corrected chi connectivity index (χ0v) is 22.2. The van der Waals surface area contributed by atoms with E-state index < -0.39 is 30.0 Å². The molecule has 2 aromatic rings. The lowest BCUT2D eigenvalue weighted by Crippen LogP contribution is -2.44. The van der Waals surface area contributed by atoms with E-state index in [1.165, 1.54) is 39.1 Å². The van der Waals surface area contributed by atoms with E-state index in [1.807, 2.05) is 25.1 Å². The van der Waals surface area contributed by atoms with Crippen molar-refractivity contribution in [2.45, 2.75) is 70.6 Å². The number of nitrogens with one attached hydrogen (secondary N) is 1. The average molecular weight is 525 g/mol. The molecule has 4 atom stereocenters. The fourth-order valence-electron chi connectivity index (χ4n) is 4.80. The summed E-state index contributed by atoms with van der Waals surface area (Å²) in [6.45, 7) is 3.83. The van der Waals surface area contributed by atoms with Crippen molar-refractivity contribution in [3.63, 3.8) is 0 Å². The maximum absolute atomic E-state index is 13.3. The van der Waals surface area contributed by atoms with Crippen LogP contribution in [0.1, 0.15) is 62.0 Å². The van der Waals surface area contributed by atoms with Gasteiger partial charge in [-0.25, -0.2) is 9.78 Å². The molecule has 1 aliphatic heterocycles. The summed E-state index contributed by atoms with van der Waals surface area (Å²) in [5.41, 5.74) is 1.01. The second-order valence-electron chi connectivity index (χ2n) is 10.1. The average Bonchev–Trinajstić information content (AvgIpc) is 3.72. The molecule has 1 unspecified atom stereocenters. The summed E-state index contributed by atoms with van der Waals surface area (Å²) in [5.74, 6) is -1.11. The Balaban J connectivity index is 1.51. The molecule has 9 heteroatoms. The lowest BCUT2D eigenvalue weighted by molar-refractivity contribution is -0.155. The number of hydrogen-bond donors (Lipinski definition) is 1. The van der Waals surface area contributed by atoms with E-state index >= 15 is 0 Å². The van der Waals surface area contributed by atoms with E-state index in [2.05, 4.69) is 22.4 Å². The lowest BCUT2D eigenvalue weighted by Gasteiger charge is -2.31. The number of carbonyl (C=O) groups excluding carboxylic acids is 3. The van der Waals surface area contributed by atoms with Gasteiger partial charge in [0, 0.05) is 31.7 Å². The van der Waals surface area contributed by atoms with Crippen LogP contribution in [0.5, 0.6) is 11.5 Å². The molecule has 1 aromatic heterocycles. The monoisotopic (exact) mass is 524 g/mol. The van der Waals surface area contributed by atoms with Crippen LogP contribution < -0.4 is 14.8 Å². The van der Waals surface area contributed by atoms with Crippen molar-refractivity contribution in [1.29, 1.82) is 0 Å². The first-order chi connectivity index (χ1) is 18.4. The number of hydrogen-bond acceptors (Lipinski definition) is 8. The van der Waals surface area contributed by atoms with Gasteiger partial charge in [-0.3, -0.25) is 9.59 Å². The van der Waals surface area contributed by atoms with Gasteiger partial charge < -0.3 is 24.3 Å². The number of benzene rings is 1. The Kier molecular flexibility index (Phi) is 9.33. The van der Waals surface area contributed by atoms with E-state index in [9.17, 15) is 14.4 Å². The minimum atomic E-state index is -0.886. The van der Waals surface area contributed by atoms with Gasteiger partial charge in [0.15, 0.2) is 11.4 Å². The van der Waals surface area contributed by atoms with E-state index in [-0.39, 0.29) is 29.2 Å². The maximum atomic E-state index is 13.3. The molecule has 1 N–H and O–H groups in total. The minimum Gasteiger partial charge on any atom is -0.493 e. The van der Waals surface area contributed by atoms with E-state index in [0.29, 0.717) is 18.8 Å². The van der Waals surface area contributed by atoms with Crippen molar-refractivity contribution in [1.82, 2.24) is 10.3 Å². The summed E-state index contributed by atoms with van der Waals surface area (Å²) in [6.07, 6.45) is 5.79. The third-order valence-corrected chi connectivity index (χ3v) is 7.06. The second kappa shape index (κ2) is 12.9. The van der Waals surface area contributed by atoms with Crippen LogP contribution >= 0.6 is 0 Å². The zero-order chi connectivity index (χ0) is 27.1. The van der Waals surface area contributed by atoms with E-state index in [0.717, 1.165) is 25.0 Å². The Morgan fingerprint density at radius 3 is 2.55 bits per heavy atom. The molecule has 2 fully saturated rings. The fourth-order valence-corrected chi connectivity index (χ4v) is 4.80. The molecule has 1 aliphatic carbocycles. The number of ether oxygens (including phenoxy) is 4. The van der Waals surface area contributed by atoms with Crippen LogP contribution in [0.25, 0.3) is 0 Å². The molecule has 1 aromatic carbocycles. The molecule has 204 valence electrons. The van der Waals surface area contributed by atoms with Crippen molar-refractivity contribution in [2.75, 3.05) is 13.7 Å². The SMILES string of the molecule is COc1ccnc(C(=O)NC2CCC[C@H](OCC3CC3)[C@@H](Cc3ccccc3)[C@H](C)OC2=O)c1OC(C)=O. The van der Waals surface area contributed by atoms with Crippen LogP contribution in [-0.4, -0.2) is 54.8 Å². The number of cyclic esters (lactones) is 1. The summed E-state index contributed by atoms with van der Waals surface area (Å²) in [5, 5.41) is 2.74. The first kappa shape index (κ1) is 27.6. The lowest BCUT2D eigenvalue weighted by atomic mass is 9.87. The Morgan fingerprint density at radius 2 is 1.87 bits per heavy atom. The Hall–Kier alpha value is -3.46. The topological polar surface area (TPSA) is 113 Å². The van der Waals surface area contributed by atoms with E-state index in [4.69, 9.17) is 18.9 Å². The molecule has 38 heavy (non-hydrogen) atoms. The zero-order valence-electron chi connectivity index (χ0n) is 22.2. The highest BCUT2D eigenvalue weighted by Crippen LogP contribution is 2.33. The molecule has 4 rings (SSSR count). The maximum Gasteiger partial charge on any atom is 0.328 e. The fraction of sp³-hybridized carbons (Fsp3) is 0.517. The Bertz CT molecular complexity index is 1120. The first-order valence-electron chi connectivity index (χ1n) is 13.2. The summed E-state index contributed by atoms with van der Waals surface area (Å²) in [6, 6.07) is 10.7. The first-order valence-corrected chi connectivity index (χ1v) is 13.2. The number of carbonyl (C=O) groups is 3. The largest absolute Gasteiger partial charge is 0.493 e. The minimum absolute atomic E-state index is 0.0230. The van der Waals surface area contributed by atoms with Crippen LogP contribution in [0.2, 0.25) is 0 Å². The molecular weight excluding hydrogens is 488 g/mol. The number of aromatic nitrogens is 1. The van der Waals surface area contributed by atoms with Gasteiger partial charge in [-0.15, -0.1) is 0 Å². The predicted octanol–water partition coefficient (Wildman–Crippen LogP) is 3.88. The van der Waals surface area contributed by atoms with Crippen molar-refractivity contribution in [2.24, 2.45) is 11.8 Å². The quantitative estimate of drug-likeness (QED) is 0.492. The molecule has 0 radical (unpaired) electrons. The van der Waals surface area contributed by atoms with Gasteiger partial charge in [0.05, 0.1) is 13.2 Å². The normalized spacial score (nSPS) is 23.8. The van der Waals surface area contributed by atoms with Gasteiger partial charge in [0.2, 0.25) is 5.75 Å². The summed E-state index contributed by atoms with van der Waals surface area (Å²) < 4.78 is 22.8.